The molecule has 1 aliphatic heterocycles. The molecule has 0 unspecified atom stereocenters. The molecule has 4 heteroatoms. The number of piperidine rings is 1. The SMILES string of the molecule is COc1cccc(-c2nc[nH]c2C2CCNCC2)c1. The second kappa shape index (κ2) is 5.45. The second-order valence-electron chi connectivity index (χ2n) is 4.92. The van der Waals surface area contributed by atoms with Crippen LogP contribution in [0.2, 0.25) is 0 Å². The van der Waals surface area contributed by atoms with Crippen LogP contribution in [0.3, 0.4) is 0 Å². The first-order valence-electron chi connectivity index (χ1n) is 6.77. The second-order valence-corrected chi connectivity index (χ2v) is 4.92. The lowest BCUT2D eigenvalue weighted by molar-refractivity contribution is 0.415. The zero-order valence-corrected chi connectivity index (χ0v) is 11.1. The van der Waals surface area contributed by atoms with Crippen molar-refractivity contribution in [1.82, 2.24) is 15.3 Å². The number of aromatic nitrogens is 2. The number of ether oxygens (including phenoxy) is 1. The number of nitrogens with one attached hydrogen (secondary N) is 2. The molecule has 2 aromatic rings. The van der Waals surface area contributed by atoms with Crippen molar-refractivity contribution in [1.29, 1.82) is 0 Å². The zero-order valence-electron chi connectivity index (χ0n) is 11.1. The molecule has 1 aromatic heterocycles. The van der Waals surface area contributed by atoms with Gasteiger partial charge in [0.1, 0.15) is 5.75 Å². The monoisotopic (exact) mass is 257 g/mol. The number of rotatable bonds is 3. The van der Waals surface area contributed by atoms with Crippen LogP contribution in [0, 0.1) is 0 Å². The quantitative estimate of drug-likeness (QED) is 0.888. The molecule has 3 rings (SSSR count). The number of H-pyrrole nitrogens is 1. The van der Waals surface area contributed by atoms with Crippen molar-refractivity contribution in [3.05, 3.63) is 36.3 Å². The van der Waals surface area contributed by atoms with Crippen LogP contribution in [-0.4, -0.2) is 30.2 Å². The van der Waals surface area contributed by atoms with Gasteiger partial charge in [-0.15, -0.1) is 0 Å². The lowest BCUT2D eigenvalue weighted by Gasteiger charge is -2.22. The molecule has 19 heavy (non-hydrogen) atoms. The summed E-state index contributed by atoms with van der Waals surface area (Å²) >= 11 is 0. The highest BCUT2D eigenvalue weighted by Gasteiger charge is 2.21. The van der Waals surface area contributed by atoms with Gasteiger partial charge in [-0.1, -0.05) is 12.1 Å². The summed E-state index contributed by atoms with van der Waals surface area (Å²) in [5.41, 5.74) is 3.44. The lowest BCUT2D eigenvalue weighted by atomic mass is 9.92. The number of imidazole rings is 1. The molecule has 0 atom stereocenters. The van der Waals surface area contributed by atoms with E-state index in [0.717, 1.165) is 30.1 Å². The van der Waals surface area contributed by atoms with E-state index in [1.807, 2.05) is 18.2 Å². The van der Waals surface area contributed by atoms with Crippen LogP contribution in [-0.2, 0) is 0 Å². The van der Waals surface area contributed by atoms with E-state index < -0.39 is 0 Å². The van der Waals surface area contributed by atoms with E-state index in [1.54, 1.807) is 13.4 Å². The maximum atomic E-state index is 5.29. The molecule has 100 valence electrons. The summed E-state index contributed by atoms with van der Waals surface area (Å²) in [4.78, 5) is 7.84. The maximum absolute atomic E-state index is 5.29. The first-order chi connectivity index (χ1) is 9.38. The van der Waals surface area contributed by atoms with Gasteiger partial charge in [-0.3, -0.25) is 0 Å². The normalized spacial score (nSPS) is 16.5. The molecule has 4 nitrogen and oxygen atoms in total. The number of hydrogen-bond donors (Lipinski definition) is 2. The minimum absolute atomic E-state index is 0.574. The van der Waals surface area contributed by atoms with Gasteiger partial charge in [-0.05, 0) is 38.1 Å². The van der Waals surface area contributed by atoms with Crippen molar-refractivity contribution in [2.45, 2.75) is 18.8 Å². The third-order valence-corrected chi connectivity index (χ3v) is 3.76. The third-order valence-electron chi connectivity index (χ3n) is 3.76. The topological polar surface area (TPSA) is 49.9 Å². The summed E-state index contributed by atoms with van der Waals surface area (Å²) in [7, 11) is 1.69. The minimum atomic E-state index is 0.574. The Hall–Kier alpha value is -1.81. The number of nitrogens with zero attached hydrogens (tertiary/aromatic N) is 1. The smallest absolute Gasteiger partial charge is 0.119 e. The summed E-state index contributed by atoms with van der Waals surface area (Å²) in [5.74, 6) is 1.45. The van der Waals surface area contributed by atoms with Crippen molar-refractivity contribution in [3.63, 3.8) is 0 Å². The Bertz CT molecular complexity index is 544. The standard InChI is InChI=1S/C15H19N3O/c1-19-13-4-2-3-12(9-13)15-14(17-10-18-15)11-5-7-16-8-6-11/h2-4,9-11,16H,5-8H2,1H3,(H,17,18). The molecule has 1 aliphatic rings. The summed E-state index contributed by atoms with van der Waals surface area (Å²) in [6.45, 7) is 2.17. The predicted octanol–water partition coefficient (Wildman–Crippen LogP) is 2.55. The Morgan fingerprint density at radius 1 is 1.26 bits per heavy atom. The van der Waals surface area contributed by atoms with Gasteiger partial charge in [0.25, 0.3) is 0 Å². The molecule has 0 aliphatic carbocycles. The van der Waals surface area contributed by atoms with Crippen LogP contribution >= 0.6 is 0 Å². The number of hydrogen-bond acceptors (Lipinski definition) is 3. The van der Waals surface area contributed by atoms with Crippen molar-refractivity contribution in [3.8, 4) is 17.0 Å². The molecule has 0 bridgehead atoms. The molecule has 2 N–H and O–H groups in total. The Labute approximate surface area is 113 Å². The van der Waals surface area contributed by atoms with E-state index in [9.17, 15) is 0 Å². The van der Waals surface area contributed by atoms with Crippen LogP contribution in [0.5, 0.6) is 5.75 Å². The number of benzene rings is 1. The Balaban J connectivity index is 1.94. The van der Waals surface area contributed by atoms with Crippen molar-refractivity contribution in [2.75, 3.05) is 20.2 Å². The molecule has 1 saturated heterocycles. The van der Waals surface area contributed by atoms with Crippen LogP contribution in [0.1, 0.15) is 24.5 Å². The summed E-state index contributed by atoms with van der Waals surface area (Å²) in [5, 5.41) is 3.40. The van der Waals surface area contributed by atoms with Crippen molar-refractivity contribution < 1.29 is 4.74 Å². The van der Waals surface area contributed by atoms with Gasteiger partial charge in [0.15, 0.2) is 0 Å². The molecule has 0 radical (unpaired) electrons. The molecular formula is C15H19N3O. The first-order valence-corrected chi connectivity index (χ1v) is 6.77. The van der Waals surface area contributed by atoms with Gasteiger partial charge in [0.05, 0.1) is 19.1 Å². The van der Waals surface area contributed by atoms with Gasteiger partial charge < -0.3 is 15.0 Å². The van der Waals surface area contributed by atoms with Gasteiger partial charge in [-0.2, -0.15) is 0 Å². The van der Waals surface area contributed by atoms with E-state index in [0.29, 0.717) is 5.92 Å². The van der Waals surface area contributed by atoms with E-state index in [1.165, 1.54) is 18.5 Å². The van der Waals surface area contributed by atoms with Gasteiger partial charge in [0, 0.05) is 17.2 Å². The summed E-state index contributed by atoms with van der Waals surface area (Å²) in [6, 6.07) is 8.10. The van der Waals surface area contributed by atoms with E-state index >= 15 is 0 Å². The van der Waals surface area contributed by atoms with E-state index in [2.05, 4.69) is 21.4 Å². The number of aromatic amines is 1. The fourth-order valence-corrected chi connectivity index (χ4v) is 2.73. The molecule has 2 heterocycles. The Morgan fingerprint density at radius 3 is 2.89 bits per heavy atom. The van der Waals surface area contributed by atoms with E-state index in [4.69, 9.17) is 4.74 Å². The zero-order chi connectivity index (χ0) is 13.1. The molecule has 1 fully saturated rings. The summed E-state index contributed by atoms with van der Waals surface area (Å²) in [6.07, 6.45) is 4.13. The largest absolute Gasteiger partial charge is 0.497 e. The maximum Gasteiger partial charge on any atom is 0.119 e. The minimum Gasteiger partial charge on any atom is -0.497 e. The molecule has 0 spiro atoms. The highest BCUT2D eigenvalue weighted by Crippen LogP contribution is 2.32. The van der Waals surface area contributed by atoms with Gasteiger partial charge in [0.2, 0.25) is 0 Å². The molecule has 1 aromatic carbocycles. The number of methoxy groups -OCH3 is 1. The fourth-order valence-electron chi connectivity index (χ4n) is 2.73. The highest BCUT2D eigenvalue weighted by atomic mass is 16.5. The van der Waals surface area contributed by atoms with Crippen LogP contribution in [0.15, 0.2) is 30.6 Å². The van der Waals surface area contributed by atoms with Crippen LogP contribution in [0.4, 0.5) is 0 Å². The summed E-state index contributed by atoms with van der Waals surface area (Å²) < 4.78 is 5.29. The average molecular weight is 257 g/mol. The Morgan fingerprint density at radius 2 is 2.11 bits per heavy atom. The first kappa shape index (κ1) is 12.2. The average Bonchev–Trinajstić information content (AvgIpc) is 2.98. The molecule has 0 amide bonds. The van der Waals surface area contributed by atoms with Crippen molar-refractivity contribution >= 4 is 0 Å². The molecule has 0 saturated carbocycles. The Kier molecular flexibility index (Phi) is 3.51. The highest BCUT2D eigenvalue weighted by molar-refractivity contribution is 5.64. The van der Waals surface area contributed by atoms with Crippen LogP contribution in [0.25, 0.3) is 11.3 Å². The predicted molar refractivity (Wildman–Crippen MR) is 75.4 cm³/mol. The third kappa shape index (κ3) is 2.49. The fraction of sp³-hybridized carbons (Fsp3) is 0.400. The van der Waals surface area contributed by atoms with E-state index in [-0.39, 0.29) is 0 Å². The van der Waals surface area contributed by atoms with Gasteiger partial charge in [-0.25, -0.2) is 4.98 Å². The van der Waals surface area contributed by atoms with Crippen molar-refractivity contribution in [2.24, 2.45) is 0 Å². The van der Waals surface area contributed by atoms with Crippen LogP contribution < -0.4 is 10.1 Å². The lowest BCUT2D eigenvalue weighted by Crippen LogP contribution is -2.27. The van der Waals surface area contributed by atoms with Gasteiger partial charge >= 0.3 is 0 Å². The molecular weight excluding hydrogens is 238 g/mol.